The molecule has 138 valence electrons. The second-order valence-electron chi connectivity index (χ2n) is 7.16. The number of nitrogens with one attached hydrogen (secondary N) is 1. The average molecular weight is 355 g/mol. The maximum absolute atomic E-state index is 12.8. The SMILES string of the molecule is CNC(=O)N1CCC(c2ccn3ncc(C(=O)N4CCCC4)c3c2)CC1. The highest BCUT2D eigenvalue weighted by Gasteiger charge is 2.25. The molecule has 2 aliphatic heterocycles. The van der Waals surface area contributed by atoms with E-state index in [1.54, 1.807) is 17.8 Å². The van der Waals surface area contributed by atoms with Gasteiger partial charge in [0.25, 0.3) is 5.91 Å². The smallest absolute Gasteiger partial charge is 0.317 e. The molecule has 2 aromatic rings. The Morgan fingerprint density at radius 2 is 1.85 bits per heavy atom. The number of fused-ring (bicyclic) bond motifs is 1. The summed E-state index contributed by atoms with van der Waals surface area (Å²) in [6, 6.07) is 4.19. The lowest BCUT2D eigenvalue weighted by Gasteiger charge is -2.31. The van der Waals surface area contributed by atoms with E-state index in [0.717, 1.165) is 57.4 Å². The van der Waals surface area contributed by atoms with Crippen LogP contribution in [0.25, 0.3) is 5.52 Å². The number of nitrogens with zero attached hydrogens (tertiary/aromatic N) is 4. The summed E-state index contributed by atoms with van der Waals surface area (Å²) < 4.78 is 1.78. The summed E-state index contributed by atoms with van der Waals surface area (Å²) in [6.07, 6.45) is 7.67. The molecule has 0 unspecified atom stereocenters. The van der Waals surface area contributed by atoms with E-state index in [2.05, 4.69) is 22.5 Å². The largest absolute Gasteiger partial charge is 0.341 e. The molecular formula is C19H25N5O2. The quantitative estimate of drug-likeness (QED) is 0.897. The zero-order chi connectivity index (χ0) is 18.1. The van der Waals surface area contributed by atoms with Crippen molar-refractivity contribution in [3.63, 3.8) is 0 Å². The number of carbonyl (C=O) groups is 2. The average Bonchev–Trinajstić information content (AvgIpc) is 3.36. The molecule has 0 bridgehead atoms. The van der Waals surface area contributed by atoms with Crippen LogP contribution < -0.4 is 5.32 Å². The number of pyridine rings is 1. The van der Waals surface area contributed by atoms with Gasteiger partial charge in [-0.1, -0.05) is 0 Å². The van der Waals surface area contributed by atoms with Gasteiger partial charge in [-0.3, -0.25) is 4.79 Å². The lowest BCUT2D eigenvalue weighted by Crippen LogP contribution is -2.42. The Hall–Kier alpha value is -2.57. The van der Waals surface area contributed by atoms with Gasteiger partial charge in [0.05, 0.1) is 17.3 Å². The fourth-order valence-electron chi connectivity index (χ4n) is 4.08. The number of aromatic nitrogens is 2. The summed E-state index contributed by atoms with van der Waals surface area (Å²) >= 11 is 0. The zero-order valence-corrected chi connectivity index (χ0v) is 15.1. The number of rotatable bonds is 2. The van der Waals surface area contributed by atoms with Crippen LogP contribution in [-0.2, 0) is 0 Å². The van der Waals surface area contributed by atoms with E-state index in [0.29, 0.717) is 11.5 Å². The van der Waals surface area contributed by atoms with E-state index >= 15 is 0 Å². The molecule has 0 saturated carbocycles. The maximum atomic E-state index is 12.8. The van der Waals surface area contributed by atoms with Gasteiger partial charge >= 0.3 is 6.03 Å². The van der Waals surface area contributed by atoms with Crippen LogP contribution in [0.2, 0.25) is 0 Å². The summed E-state index contributed by atoms with van der Waals surface area (Å²) in [7, 11) is 1.67. The molecular weight excluding hydrogens is 330 g/mol. The molecule has 7 heteroatoms. The Kier molecular flexibility index (Phi) is 4.53. The Morgan fingerprint density at radius 1 is 1.12 bits per heavy atom. The maximum Gasteiger partial charge on any atom is 0.317 e. The van der Waals surface area contributed by atoms with E-state index in [-0.39, 0.29) is 11.9 Å². The van der Waals surface area contributed by atoms with Crippen LogP contribution in [0.5, 0.6) is 0 Å². The second kappa shape index (κ2) is 6.97. The first kappa shape index (κ1) is 16.9. The number of hydrogen-bond donors (Lipinski definition) is 1. The molecule has 4 rings (SSSR count). The van der Waals surface area contributed by atoms with Crippen LogP contribution in [0.15, 0.2) is 24.5 Å². The van der Waals surface area contributed by atoms with Crippen molar-refractivity contribution in [3.8, 4) is 0 Å². The van der Waals surface area contributed by atoms with Gasteiger partial charge in [-0.15, -0.1) is 0 Å². The third kappa shape index (κ3) is 3.02. The number of piperidine rings is 1. The molecule has 26 heavy (non-hydrogen) atoms. The van der Waals surface area contributed by atoms with Crippen LogP contribution >= 0.6 is 0 Å². The molecule has 0 aromatic carbocycles. The molecule has 3 amide bonds. The molecule has 0 atom stereocenters. The van der Waals surface area contributed by atoms with Gasteiger partial charge in [0.1, 0.15) is 0 Å². The Balaban J connectivity index is 1.55. The van der Waals surface area contributed by atoms with Crippen LogP contribution in [0, 0.1) is 0 Å². The third-order valence-electron chi connectivity index (χ3n) is 5.64. The van der Waals surface area contributed by atoms with Gasteiger partial charge in [0.15, 0.2) is 0 Å². The normalized spacial score (nSPS) is 18.5. The first-order valence-electron chi connectivity index (χ1n) is 9.40. The van der Waals surface area contributed by atoms with Crippen molar-refractivity contribution >= 4 is 17.5 Å². The fraction of sp³-hybridized carbons (Fsp3) is 0.526. The molecule has 0 aliphatic carbocycles. The van der Waals surface area contributed by atoms with E-state index in [1.165, 1.54) is 5.56 Å². The molecule has 4 heterocycles. The van der Waals surface area contributed by atoms with Gasteiger partial charge in [-0.05, 0) is 49.3 Å². The number of urea groups is 1. The van der Waals surface area contributed by atoms with Crippen molar-refractivity contribution in [2.24, 2.45) is 0 Å². The third-order valence-corrected chi connectivity index (χ3v) is 5.64. The summed E-state index contributed by atoms with van der Waals surface area (Å²) in [5.74, 6) is 0.495. The Morgan fingerprint density at radius 3 is 2.54 bits per heavy atom. The fourth-order valence-corrected chi connectivity index (χ4v) is 4.08. The van der Waals surface area contributed by atoms with Gasteiger partial charge in [-0.25, -0.2) is 9.31 Å². The Labute approximate surface area is 152 Å². The lowest BCUT2D eigenvalue weighted by atomic mass is 9.89. The van der Waals surface area contributed by atoms with Crippen molar-refractivity contribution in [1.82, 2.24) is 24.7 Å². The van der Waals surface area contributed by atoms with Crippen molar-refractivity contribution in [2.45, 2.75) is 31.6 Å². The number of amides is 3. The number of hydrogen-bond acceptors (Lipinski definition) is 3. The molecule has 1 N–H and O–H groups in total. The van der Waals surface area contributed by atoms with Crippen LogP contribution in [0.4, 0.5) is 4.79 Å². The highest BCUT2D eigenvalue weighted by atomic mass is 16.2. The van der Waals surface area contributed by atoms with Crippen LogP contribution in [0.3, 0.4) is 0 Å². The summed E-state index contributed by atoms with van der Waals surface area (Å²) in [5, 5.41) is 7.04. The minimum absolute atomic E-state index is 0.00631. The molecule has 2 aromatic heterocycles. The predicted octanol–water partition coefficient (Wildman–Crippen LogP) is 2.09. The molecule has 7 nitrogen and oxygen atoms in total. The van der Waals surface area contributed by atoms with E-state index in [1.807, 2.05) is 16.0 Å². The van der Waals surface area contributed by atoms with E-state index in [4.69, 9.17) is 0 Å². The second-order valence-corrected chi connectivity index (χ2v) is 7.16. The summed E-state index contributed by atoms with van der Waals surface area (Å²) in [5.41, 5.74) is 2.80. The van der Waals surface area contributed by atoms with Crippen LogP contribution in [-0.4, -0.2) is 64.6 Å². The molecule has 2 fully saturated rings. The molecule has 2 saturated heterocycles. The standard InChI is InChI=1S/C19H25N5O2/c1-20-19(26)23-9-4-14(5-10-23)15-6-11-24-17(12-15)16(13-21-24)18(25)22-7-2-3-8-22/h6,11-14H,2-5,7-10H2,1H3,(H,20,26). The minimum atomic E-state index is -0.00631. The van der Waals surface area contributed by atoms with Crippen molar-refractivity contribution in [2.75, 3.05) is 33.2 Å². The van der Waals surface area contributed by atoms with Crippen molar-refractivity contribution < 1.29 is 9.59 Å². The first-order chi connectivity index (χ1) is 12.7. The van der Waals surface area contributed by atoms with E-state index < -0.39 is 0 Å². The highest BCUT2D eigenvalue weighted by molar-refractivity contribution is 6.00. The monoisotopic (exact) mass is 355 g/mol. The van der Waals surface area contributed by atoms with E-state index in [9.17, 15) is 9.59 Å². The molecule has 0 spiro atoms. The topological polar surface area (TPSA) is 70.0 Å². The van der Waals surface area contributed by atoms with Crippen LogP contribution in [0.1, 0.15) is 47.5 Å². The van der Waals surface area contributed by atoms with Crippen molar-refractivity contribution in [1.29, 1.82) is 0 Å². The van der Waals surface area contributed by atoms with Crippen molar-refractivity contribution in [3.05, 3.63) is 35.7 Å². The van der Waals surface area contributed by atoms with Gasteiger partial charge < -0.3 is 15.1 Å². The van der Waals surface area contributed by atoms with Gasteiger partial charge in [0, 0.05) is 39.4 Å². The highest BCUT2D eigenvalue weighted by Crippen LogP contribution is 2.29. The molecule has 2 aliphatic rings. The van der Waals surface area contributed by atoms with Gasteiger partial charge in [0.2, 0.25) is 0 Å². The summed E-state index contributed by atoms with van der Waals surface area (Å²) in [4.78, 5) is 28.3. The predicted molar refractivity (Wildman–Crippen MR) is 98.3 cm³/mol. The number of likely N-dealkylation sites (tertiary alicyclic amines) is 2. The lowest BCUT2D eigenvalue weighted by molar-refractivity contribution is 0.0794. The Bertz CT molecular complexity index is 816. The first-order valence-corrected chi connectivity index (χ1v) is 9.40. The van der Waals surface area contributed by atoms with Gasteiger partial charge in [-0.2, -0.15) is 5.10 Å². The molecule has 0 radical (unpaired) electrons. The summed E-state index contributed by atoms with van der Waals surface area (Å²) in [6.45, 7) is 3.20. The number of carbonyl (C=O) groups excluding carboxylic acids is 2. The minimum Gasteiger partial charge on any atom is -0.341 e. The zero-order valence-electron chi connectivity index (χ0n) is 15.1.